The van der Waals surface area contributed by atoms with Crippen LogP contribution in [0.1, 0.15) is 13.8 Å². The molecular weight excluding hydrogens is 316 g/mol. The monoisotopic (exact) mass is 334 g/mol. The molecule has 20 heavy (non-hydrogen) atoms. The zero-order chi connectivity index (χ0) is 15.0. The third-order valence-corrected chi connectivity index (χ3v) is 5.60. The highest BCUT2D eigenvalue weighted by Gasteiger charge is 2.13. The van der Waals surface area contributed by atoms with Crippen LogP contribution in [0.25, 0.3) is 0 Å². The van der Waals surface area contributed by atoms with Gasteiger partial charge in [0.25, 0.3) is 0 Å². The number of hydrogen-bond acceptors (Lipinski definition) is 7. The Kier molecular flexibility index (Phi) is 7.93. The summed E-state index contributed by atoms with van der Waals surface area (Å²) < 4.78 is 1.50. The number of nitrogens with zero attached hydrogens (tertiary/aromatic N) is 3. The van der Waals surface area contributed by atoms with Gasteiger partial charge in [-0.1, -0.05) is 34.9 Å². The van der Waals surface area contributed by atoms with Crippen LogP contribution in [-0.2, 0) is 9.59 Å². The summed E-state index contributed by atoms with van der Waals surface area (Å²) >= 11 is 4.14. The average Bonchev–Trinajstić information content (AvgIpc) is 2.91. The summed E-state index contributed by atoms with van der Waals surface area (Å²) in [4.78, 5) is 24.7. The molecule has 0 aliphatic rings. The number of carbonyl (C=O) groups is 2. The highest BCUT2D eigenvalue weighted by molar-refractivity contribution is 8.03. The summed E-state index contributed by atoms with van der Waals surface area (Å²) in [6, 6.07) is 0. The first-order valence-corrected chi connectivity index (χ1v) is 8.96. The second-order valence-corrected chi connectivity index (χ2v) is 7.07. The number of carbonyl (C=O) groups excluding carboxylic acids is 2. The van der Waals surface area contributed by atoms with Crippen LogP contribution in [0.4, 0.5) is 0 Å². The molecule has 2 amide bonds. The van der Waals surface area contributed by atoms with Crippen molar-refractivity contribution in [2.45, 2.75) is 22.5 Å². The number of aromatic nitrogens is 2. The van der Waals surface area contributed by atoms with Gasteiger partial charge in [0.1, 0.15) is 0 Å². The third kappa shape index (κ3) is 5.68. The van der Waals surface area contributed by atoms with Crippen molar-refractivity contribution in [1.29, 1.82) is 0 Å². The number of thioether (sulfide) groups is 2. The van der Waals surface area contributed by atoms with Gasteiger partial charge in [-0.05, 0) is 13.8 Å². The van der Waals surface area contributed by atoms with Gasteiger partial charge in [0.15, 0.2) is 8.68 Å². The molecule has 9 heteroatoms. The number of nitrogens with one attached hydrogen (secondary N) is 1. The Balaban J connectivity index is 2.40. The third-order valence-electron chi connectivity index (χ3n) is 2.43. The lowest BCUT2D eigenvalue weighted by Gasteiger charge is -2.17. The predicted octanol–water partition coefficient (Wildman–Crippen LogP) is 1.34. The van der Waals surface area contributed by atoms with E-state index in [1.165, 1.54) is 34.9 Å². The molecule has 0 aromatic carbocycles. The maximum absolute atomic E-state index is 11.8. The Morgan fingerprint density at radius 2 is 1.70 bits per heavy atom. The van der Waals surface area contributed by atoms with E-state index in [0.29, 0.717) is 11.5 Å². The predicted molar refractivity (Wildman–Crippen MR) is 83.4 cm³/mol. The van der Waals surface area contributed by atoms with E-state index in [1.54, 1.807) is 11.9 Å². The van der Waals surface area contributed by atoms with Crippen molar-refractivity contribution in [1.82, 2.24) is 20.4 Å². The summed E-state index contributed by atoms with van der Waals surface area (Å²) in [6.07, 6.45) is 0. The molecule has 0 aliphatic heterocycles. The van der Waals surface area contributed by atoms with Gasteiger partial charge in [0.05, 0.1) is 11.5 Å². The molecule has 0 saturated carbocycles. The lowest BCUT2D eigenvalue weighted by atomic mass is 10.5. The van der Waals surface area contributed by atoms with E-state index in [0.717, 1.165) is 21.8 Å². The van der Waals surface area contributed by atoms with E-state index >= 15 is 0 Å². The number of amides is 2. The Labute approximate surface area is 131 Å². The zero-order valence-electron chi connectivity index (χ0n) is 11.7. The quantitative estimate of drug-likeness (QED) is 0.723. The summed E-state index contributed by atoms with van der Waals surface area (Å²) in [6.45, 7) is 5.37. The van der Waals surface area contributed by atoms with Crippen molar-refractivity contribution in [3.8, 4) is 0 Å². The van der Waals surface area contributed by atoms with Gasteiger partial charge in [-0.2, -0.15) is 0 Å². The van der Waals surface area contributed by atoms with Gasteiger partial charge in [-0.25, -0.2) is 0 Å². The van der Waals surface area contributed by atoms with Gasteiger partial charge in [0.2, 0.25) is 11.8 Å². The first-order valence-electron chi connectivity index (χ1n) is 6.18. The van der Waals surface area contributed by atoms with E-state index in [4.69, 9.17) is 0 Å². The number of hydrogen-bond donors (Lipinski definition) is 1. The van der Waals surface area contributed by atoms with Gasteiger partial charge in [-0.3, -0.25) is 9.59 Å². The van der Waals surface area contributed by atoms with Crippen molar-refractivity contribution in [3.05, 3.63) is 0 Å². The van der Waals surface area contributed by atoms with Crippen LogP contribution < -0.4 is 5.32 Å². The molecule has 0 spiro atoms. The molecule has 0 saturated heterocycles. The molecule has 0 bridgehead atoms. The van der Waals surface area contributed by atoms with Gasteiger partial charge >= 0.3 is 0 Å². The van der Waals surface area contributed by atoms with Crippen molar-refractivity contribution >= 4 is 46.7 Å². The molecule has 0 unspecified atom stereocenters. The second-order valence-electron chi connectivity index (χ2n) is 3.65. The van der Waals surface area contributed by atoms with Gasteiger partial charge in [0, 0.05) is 20.1 Å². The smallest absolute Gasteiger partial charge is 0.233 e. The molecule has 0 aliphatic carbocycles. The summed E-state index contributed by atoms with van der Waals surface area (Å²) in [5, 5.41) is 10.6. The zero-order valence-corrected chi connectivity index (χ0v) is 14.2. The maximum Gasteiger partial charge on any atom is 0.233 e. The van der Waals surface area contributed by atoms with Crippen LogP contribution in [0.3, 0.4) is 0 Å². The lowest BCUT2D eigenvalue weighted by Crippen LogP contribution is -2.31. The van der Waals surface area contributed by atoms with Crippen LogP contribution in [-0.4, -0.2) is 58.6 Å². The molecule has 1 N–H and O–H groups in total. The van der Waals surface area contributed by atoms with E-state index in [2.05, 4.69) is 15.5 Å². The van der Waals surface area contributed by atoms with Crippen LogP contribution in [0.5, 0.6) is 0 Å². The molecule has 1 rings (SSSR count). The van der Waals surface area contributed by atoms with Crippen LogP contribution >= 0.6 is 34.9 Å². The highest BCUT2D eigenvalue weighted by atomic mass is 32.2. The maximum atomic E-state index is 11.8. The number of rotatable bonds is 8. The minimum absolute atomic E-state index is 0.0453. The van der Waals surface area contributed by atoms with Crippen molar-refractivity contribution < 1.29 is 9.59 Å². The fraction of sp³-hybridized carbons (Fsp3) is 0.636. The Morgan fingerprint density at radius 3 is 2.20 bits per heavy atom. The standard InChI is InChI=1S/C11H18N4O2S3/c1-4-15(5-2)9(17)7-19-11-14-13-10(20-11)18-6-8(16)12-3/h4-7H2,1-3H3,(H,12,16). The van der Waals surface area contributed by atoms with Crippen LogP contribution in [0.15, 0.2) is 8.68 Å². The molecule has 0 radical (unpaired) electrons. The highest BCUT2D eigenvalue weighted by Crippen LogP contribution is 2.28. The SMILES string of the molecule is CCN(CC)C(=O)CSc1nnc(SCC(=O)NC)s1. The molecule has 6 nitrogen and oxygen atoms in total. The normalized spacial score (nSPS) is 10.3. The van der Waals surface area contributed by atoms with E-state index in [-0.39, 0.29) is 11.8 Å². The topological polar surface area (TPSA) is 75.2 Å². The molecule has 112 valence electrons. The molecule has 0 fully saturated rings. The van der Waals surface area contributed by atoms with Crippen LogP contribution in [0.2, 0.25) is 0 Å². The minimum Gasteiger partial charge on any atom is -0.358 e. The molecule has 1 heterocycles. The lowest BCUT2D eigenvalue weighted by molar-refractivity contribution is -0.128. The van der Waals surface area contributed by atoms with E-state index in [9.17, 15) is 9.59 Å². The largest absolute Gasteiger partial charge is 0.358 e. The Hall–Kier alpha value is -0.800. The van der Waals surface area contributed by atoms with Crippen molar-refractivity contribution in [3.63, 3.8) is 0 Å². The van der Waals surface area contributed by atoms with Crippen molar-refractivity contribution in [2.75, 3.05) is 31.6 Å². The molecule has 0 atom stereocenters. The molecule has 1 aromatic heterocycles. The first kappa shape index (κ1) is 17.3. The van der Waals surface area contributed by atoms with Gasteiger partial charge in [-0.15, -0.1) is 10.2 Å². The average molecular weight is 334 g/mol. The van der Waals surface area contributed by atoms with Crippen LogP contribution in [0, 0.1) is 0 Å². The summed E-state index contributed by atoms with van der Waals surface area (Å²) in [5.41, 5.74) is 0. The van der Waals surface area contributed by atoms with Gasteiger partial charge < -0.3 is 10.2 Å². The Bertz CT molecular complexity index is 449. The minimum atomic E-state index is -0.0453. The first-order chi connectivity index (χ1) is 9.60. The molecular formula is C11H18N4O2S3. The Morgan fingerprint density at radius 1 is 1.15 bits per heavy atom. The fourth-order valence-corrected chi connectivity index (χ4v) is 4.10. The van der Waals surface area contributed by atoms with E-state index in [1.807, 2.05) is 13.8 Å². The summed E-state index contributed by atoms with van der Waals surface area (Å²) in [7, 11) is 1.60. The van der Waals surface area contributed by atoms with E-state index < -0.39 is 0 Å². The fourth-order valence-electron chi connectivity index (χ4n) is 1.30. The van der Waals surface area contributed by atoms with Crippen molar-refractivity contribution in [2.24, 2.45) is 0 Å². The molecule has 1 aromatic rings. The summed E-state index contributed by atoms with van der Waals surface area (Å²) in [5.74, 6) is 0.760. The second kappa shape index (κ2) is 9.19.